The topological polar surface area (TPSA) is 121 Å². The molecule has 1 fully saturated rings. The molecule has 0 aliphatic carbocycles. The number of carbonyl (C=O) groups is 3. The molecule has 0 unspecified atom stereocenters. The van der Waals surface area contributed by atoms with Crippen molar-refractivity contribution in [3.63, 3.8) is 0 Å². The first kappa shape index (κ1) is 30.9. The van der Waals surface area contributed by atoms with Gasteiger partial charge in [0.1, 0.15) is 0 Å². The molecule has 1 saturated heterocycles. The molecule has 3 aromatic rings. The van der Waals surface area contributed by atoms with Crippen LogP contribution in [0, 0.1) is 5.92 Å². The summed E-state index contributed by atoms with van der Waals surface area (Å²) in [6.45, 7) is 5.26. The number of nitrogens with zero attached hydrogens (tertiary/aromatic N) is 1. The second-order valence-corrected chi connectivity index (χ2v) is 15.9. The van der Waals surface area contributed by atoms with Gasteiger partial charge in [-0.05, 0) is 62.2 Å². The molecule has 2 aliphatic rings. The molecule has 2 amide bonds. The number of ether oxygens (including phenoxy) is 2. The minimum Gasteiger partial charge on any atom is -0.469 e. The lowest BCUT2D eigenvalue weighted by Gasteiger charge is -2.31. The summed E-state index contributed by atoms with van der Waals surface area (Å²) in [5.41, 5.74) is 1.60. The molecule has 2 aromatic carbocycles. The quantitative estimate of drug-likeness (QED) is 0.119. The number of nitrogens with one attached hydrogen (secondary N) is 2. The van der Waals surface area contributed by atoms with Crippen LogP contribution < -0.4 is 10.2 Å². The van der Waals surface area contributed by atoms with Gasteiger partial charge in [-0.3, -0.25) is 14.4 Å². The number of anilines is 2. The minimum atomic E-state index is -3.33. The highest BCUT2D eigenvalue weighted by molar-refractivity contribution is 6.72. The predicted molar refractivity (Wildman–Crippen MR) is 165 cm³/mol. The molecule has 0 saturated carbocycles. The van der Waals surface area contributed by atoms with E-state index in [9.17, 15) is 19.5 Å². The summed E-state index contributed by atoms with van der Waals surface area (Å²) in [7, 11) is -1.99. The van der Waals surface area contributed by atoms with Gasteiger partial charge in [0.05, 0.1) is 25.3 Å². The van der Waals surface area contributed by atoms with Gasteiger partial charge in [0, 0.05) is 59.4 Å². The number of H-pyrrole nitrogens is 1. The predicted octanol–water partition coefficient (Wildman–Crippen LogP) is 5.20. The number of aromatic nitrogens is 1. The van der Waals surface area contributed by atoms with Crippen LogP contribution >= 0.6 is 0 Å². The van der Waals surface area contributed by atoms with E-state index >= 15 is 4.11 Å². The van der Waals surface area contributed by atoms with Crippen molar-refractivity contribution in [3.8, 4) is 0 Å². The molecular weight excluding hydrogens is 569 g/mol. The number of hydrogen-bond donors (Lipinski definition) is 3. The number of methoxy groups -OCH3 is 1. The van der Waals surface area contributed by atoms with Crippen LogP contribution in [-0.4, -0.2) is 62.6 Å². The second-order valence-electron chi connectivity index (χ2n) is 12.1. The van der Waals surface area contributed by atoms with E-state index in [0.29, 0.717) is 36.3 Å². The summed E-state index contributed by atoms with van der Waals surface area (Å²) >= 11 is 0. The first-order valence-corrected chi connectivity index (χ1v) is 17.8. The molecule has 11 heteroatoms. The Morgan fingerprint density at radius 1 is 1.21 bits per heavy atom. The molecule has 230 valence electrons. The first-order valence-electron chi connectivity index (χ1n) is 14.9. The van der Waals surface area contributed by atoms with Crippen LogP contribution in [0.3, 0.4) is 0 Å². The lowest BCUT2D eigenvalue weighted by atomic mass is 9.82. The summed E-state index contributed by atoms with van der Waals surface area (Å²) < 4.78 is 27.1. The van der Waals surface area contributed by atoms with Crippen molar-refractivity contribution in [1.82, 2.24) is 4.98 Å². The van der Waals surface area contributed by atoms with Crippen molar-refractivity contribution in [3.05, 3.63) is 59.8 Å². The fourth-order valence-corrected chi connectivity index (χ4v) is 9.58. The number of benzene rings is 2. The molecule has 3 heterocycles. The van der Waals surface area contributed by atoms with Gasteiger partial charge in [0.15, 0.2) is 5.60 Å². The van der Waals surface area contributed by atoms with E-state index < -0.39 is 31.6 Å². The summed E-state index contributed by atoms with van der Waals surface area (Å²) in [6.07, 6.45) is 2.93. The molecule has 43 heavy (non-hydrogen) atoms. The number of fused-ring (bicyclic) bond motifs is 3. The van der Waals surface area contributed by atoms with Gasteiger partial charge in [-0.15, -0.1) is 0 Å². The van der Waals surface area contributed by atoms with Crippen LogP contribution in [0.5, 0.6) is 0 Å². The van der Waals surface area contributed by atoms with E-state index in [1.165, 1.54) is 7.11 Å². The van der Waals surface area contributed by atoms with Crippen molar-refractivity contribution in [1.29, 1.82) is 0 Å². The number of unbranched alkanes of at least 4 members (excludes halogenated alkanes) is 1. The zero-order valence-electron chi connectivity index (χ0n) is 25.1. The standard InChI is InChI=1S/C32H40FN3O6Si/c1-20-30(43(3,4)33)27(14-16-37)42-32(20)24-18-22(35-28(38)17-21-19-34-25-10-6-5-9-23(21)25)12-13-26(24)36(31(32)40)15-8-7-11-29(39)41-2/h5-6,9-10,12-13,18-20,27,30,34,37H,7-8,11,14-17H2,1-4H3,(H,35,38)/t20-,27+,30-,32+/m0/s1. The van der Waals surface area contributed by atoms with Crippen LogP contribution in [0.2, 0.25) is 18.6 Å². The zero-order chi connectivity index (χ0) is 30.9. The number of hydrogen-bond acceptors (Lipinski definition) is 6. The normalized spacial score (nSPS) is 23.3. The molecule has 0 bridgehead atoms. The third kappa shape index (κ3) is 5.73. The number of esters is 1. The SMILES string of the molecule is COC(=O)CCCCN1C(=O)[C@]2(O[C@H](CCO)[C@@H]([Si](C)(C)F)[C@@H]2C)c2cc(NC(=O)Cc3c[nH]c4ccccc34)ccc21. The average Bonchev–Trinajstić information content (AvgIpc) is 3.58. The van der Waals surface area contributed by atoms with Crippen LogP contribution in [0.25, 0.3) is 10.9 Å². The Hall–Kier alpha value is -3.54. The highest BCUT2D eigenvalue weighted by Gasteiger charge is 2.66. The third-order valence-electron chi connectivity index (χ3n) is 8.92. The second kappa shape index (κ2) is 12.2. The van der Waals surface area contributed by atoms with Gasteiger partial charge in [-0.1, -0.05) is 25.1 Å². The summed E-state index contributed by atoms with van der Waals surface area (Å²) in [5.74, 6) is -1.30. The number of aliphatic hydroxyl groups excluding tert-OH is 1. The lowest BCUT2D eigenvalue weighted by Crippen LogP contribution is -2.45. The maximum absolute atomic E-state index is 15.8. The van der Waals surface area contributed by atoms with Gasteiger partial charge in [-0.2, -0.15) is 0 Å². The fourth-order valence-electron chi connectivity index (χ4n) is 7.04. The van der Waals surface area contributed by atoms with E-state index in [1.54, 1.807) is 36.2 Å². The number of para-hydroxylation sites is 1. The molecule has 1 spiro atoms. The number of aromatic amines is 1. The Morgan fingerprint density at radius 2 is 1.98 bits per heavy atom. The Labute approximate surface area is 251 Å². The number of carbonyl (C=O) groups excluding carboxylic acids is 3. The highest BCUT2D eigenvalue weighted by Crippen LogP contribution is 2.60. The number of amides is 2. The minimum absolute atomic E-state index is 0.159. The maximum atomic E-state index is 15.8. The zero-order valence-corrected chi connectivity index (χ0v) is 26.1. The summed E-state index contributed by atoms with van der Waals surface area (Å²) in [5, 5.41) is 13.8. The largest absolute Gasteiger partial charge is 0.469 e. The number of aliphatic hydroxyl groups is 1. The van der Waals surface area contributed by atoms with Crippen molar-refractivity contribution in [2.45, 2.75) is 69.4 Å². The Kier molecular flexibility index (Phi) is 8.78. The van der Waals surface area contributed by atoms with Crippen molar-refractivity contribution in [2.75, 3.05) is 30.5 Å². The number of rotatable bonds is 11. The van der Waals surface area contributed by atoms with Crippen LogP contribution in [-0.2, 0) is 35.9 Å². The molecule has 2 aliphatic heterocycles. The maximum Gasteiger partial charge on any atom is 0.305 e. The van der Waals surface area contributed by atoms with Crippen LogP contribution in [0.4, 0.5) is 15.5 Å². The third-order valence-corrected chi connectivity index (χ3v) is 11.4. The van der Waals surface area contributed by atoms with Gasteiger partial charge >= 0.3 is 5.97 Å². The van der Waals surface area contributed by atoms with E-state index in [2.05, 4.69) is 10.3 Å². The molecule has 9 nitrogen and oxygen atoms in total. The van der Waals surface area contributed by atoms with Crippen molar-refractivity contribution in [2.24, 2.45) is 5.92 Å². The van der Waals surface area contributed by atoms with Crippen LogP contribution in [0.1, 0.15) is 43.7 Å². The summed E-state index contributed by atoms with van der Waals surface area (Å²) in [6, 6.07) is 13.1. The Morgan fingerprint density at radius 3 is 2.70 bits per heavy atom. The lowest BCUT2D eigenvalue weighted by molar-refractivity contribution is -0.146. The van der Waals surface area contributed by atoms with Gasteiger partial charge in [0.25, 0.3) is 5.91 Å². The fraction of sp³-hybridized carbons (Fsp3) is 0.469. The molecule has 0 radical (unpaired) electrons. The van der Waals surface area contributed by atoms with Gasteiger partial charge < -0.3 is 33.9 Å². The highest BCUT2D eigenvalue weighted by atomic mass is 28.4. The smallest absolute Gasteiger partial charge is 0.305 e. The molecule has 5 rings (SSSR count). The number of halogens is 1. The summed E-state index contributed by atoms with van der Waals surface area (Å²) in [4.78, 5) is 44.0. The van der Waals surface area contributed by atoms with Gasteiger partial charge in [0.2, 0.25) is 14.3 Å². The van der Waals surface area contributed by atoms with Gasteiger partial charge in [-0.25, -0.2) is 0 Å². The van der Waals surface area contributed by atoms with E-state index in [0.717, 1.165) is 16.5 Å². The Bertz CT molecular complexity index is 1520. The molecule has 4 atom stereocenters. The molecular formula is C32H40FN3O6Si. The van der Waals surface area contributed by atoms with E-state index in [-0.39, 0.29) is 43.7 Å². The Balaban J connectivity index is 1.46. The van der Waals surface area contributed by atoms with Crippen molar-refractivity contribution < 1.29 is 33.1 Å². The monoisotopic (exact) mass is 609 g/mol. The van der Waals surface area contributed by atoms with Crippen LogP contribution in [0.15, 0.2) is 48.7 Å². The van der Waals surface area contributed by atoms with E-state index in [1.807, 2.05) is 37.4 Å². The van der Waals surface area contributed by atoms with E-state index in [4.69, 9.17) is 9.47 Å². The van der Waals surface area contributed by atoms with Crippen molar-refractivity contribution >= 4 is 48.5 Å². The molecule has 3 N–H and O–H groups in total. The first-order chi connectivity index (χ1) is 20.5. The average molecular weight is 610 g/mol. The molecule has 1 aromatic heterocycles.